The molecule has 0 aromatic carbocycles. The van der Waals surface area contributed by atoms with Gasteiger partial charge in [-0.3, -0.25) is 9.69 Å². The second-order valence-electron chi connectivity index (χ2n) is 4.68. The molecule has 0 bridgehead atoms. The van der Waals surface area contributed by atoms with Crippen LogP contribution in [0, 0.1) is 0 Å². The highest BCUT2D eigenvalue weighted by Crippen LogP contribution is 2.10. The van der Waals surface area contributed by atoms with E-state index < -0.39 is 0 Å². The van der Waals surface area contributed by atoms with E-state index in [1.165, 1.54) is 25.8 Å². The van der Waals surface area contributed by atoms with Crippen molar-refractivity contribution in [3.05, 3.63) is 0 Å². The number of hydrogen-bond donors (Lipinski definition) is 1. The number of nitrogens with zero attached hydrogens (tertiary/aromatic N) is 1. The Balaban J connectivity index is 2.18. The van der Waals surface area contributed by atoms with Crippen LogP contribution in [0.5, 0.6) is 0 Å². The van der Waals surface area contributed by atoms with E-state index in [4.69, 9.17) is 4.74 Å². The van der Waals surface area contributed by atoms with Crippen LogP contribution in [-0.2, 0) is 9.53 Å². The predicted molar refractivity (Wildman–Crippen MR) is 64.4 cm³/mol. The van der Waals surface area contributed by atoms with Gasteiger partial charge < -0.3 is 10.1 Å². The Labute approximate surface area is 98.3 Å². The Kier molecular flexibility index (Phi) is 6.42. The second kappa shape index (κ2) is 7.63. The van der Waals surface area contributed by atoms with Crippen molar-refractivity contribution in [3.8, 4) is 0 Å². The van der Waals surface area contributed by atoms with Gasteiger partial charge in [-0.1, -0.05) is 0 Å². The largest absolute Gasteiger partial charge is 0.467 e. The van der Waals surface area contributed by atoms with Gasteiger partial charge in [0.1, 0.15) is 6.61 Å². The van der Waals surface area contributed by atoms with E-state index in [9.17, 15) is 4.79 Å². The molecule has 1 saturated heterocycles. The van der Waals surface area contributed by atoms with Gasteiger partial charge in [-0.25, -0.2) is 0 Å². The summed E-state index contributed by atoms with van der Waals surface area (Å²) in [5.74, 6) is 0. The van der Waals surface area contributed by atoms with Crippen LogP contribution in [0.4, 0.5) is 0 Å². The SMILES string of the molecule is CC(C)N(CCOC=O)CCC1CCCN1. The Bertz CT molecular complexity index is 191. The van der Waals surface area contributed by atoms with Crippen LogP contribution >= 0.6 is 0 Å². The van der Waals surface area contributed by atoms with E-state index in [-0.39, 0.29) is 0 Å². The fraction of sp³-hybridized carbons (Fsp3) is 0.917. The highest BCUT2D eigenvalue weighted by atomic mass is 16.5. The molecule has 0 radical (unpaired) electrons. The van der Waals surface area contributed by atoms with Gasteiger partial charge in [0.05, 0.1) is 0 Å². The molecule has 1 heterocycles. The lowest BCUT2D eigenvalue weighted by molar-refractivity contribution is -0.129. The average Bonchev–Trinajstić information content (AvgIpc) is 2.75. The van der Waals surface area contributed by atoms with Crippen molar-refractivity contribution in [2.24, 2.45) is 0 Å². The summed E-state index contributed by atoms with van der Waals surface area (Å²) < 4.78 is 4.75. The molecule has 1 atom stereocenters. The average molecular weight is 228 g/mol. The van der Waals surface area contributed by atoms with E-state index in [0.29, 0.717) is 25.2 Å². The Morgan fingerprint density at radius 2 is 2.31 bits per heavy atom. The van der Waals surface area contributed by atoms with E-state index in [2.05, 4.69) is 24.1 Å². The molecule has 0 amide bonds. The lowest BCUT2D eigenvalue weighted by Gasteiger charge is -2.27. The maximum Gasteiger partial charge on any atom is 0.293 e. The second-order valence-corrected chi connectivity index (χ2v) is 4.68. The molecule has 1 aliphatic heterocycles. The van der Waals surface area contributed by atoms with Crippen LogP contribution in [0.3, 0.4) is 0 Å². The molecule has 1 aliphatic rings. The number of rotatable bonds is 8. The quantitative estimate of drug-likeness (QED) is 0.497. The number of ether oxygens (including phenoxy) is 1. The molecule has 0 saturated carbocycles. The summed E-state index contributed by atoms with van der Waals surface area (Å²) in [5.41, 5.74) is 0. The predicted octanol–water partition coefficient (Wildman–Crippen LogP) is 1.01. The first-order chi connectivity index (χ1) is 7.74. The molecule has 1 rings (SSSR count). The number of carbonyl (C=O) groups excluding carboxylic acids is 1. The summed E-state index contributed by atoms with van der Waals surface area (Å²) >= 11 is 0. The zero-order valence-electron chi connectivity index (χ0n) is 10.4. The molecule has 1 N–H and O–H groups in total. The molecule has 4 heteroatoms. The standard InChI is InChI=1S/C12H24N2O2/c1-11(2)14(8-9-16-10-15)7-5-12-4-3-6-13-12/h10-13H,3-9H2,1-2H3. The Morgan fingerprint density at radius 3 is 2.88 bits per heavy atom. The third-order valence-electron chi connectivity index (χ3n) is 3.22. The van der Waals surface area contributed by atoms with Gasteiger partial charge in [-0.2, -0.15) is 0 Å². The highest BCUT2D eigenvalue weighted by Gasteiger charge is 2.16. The molecule has 0 aromatic rings. The smallest absolute Gasteiger partial charge is 0.293 e. The molecule has 1 fully saturated rings. The fourth-order valence-electron chi connectivity index (χ4n) is 2.17. The molecule has 0 aromatic heterocycles. The molecule has 1 unspecified atom stereocenters. The number of carbonyl (C=O) groups is 1. The zero-order chi connectivity index (χ0) is 11.8. The van der Waals surface area contributed by atoms with Gasteiger partial charge in [0.15, 0.2) is 0 Å². The molecule has 16 heavy (non-hydrogen) atoms. The topological polar surface area (TPSA) is 41.6 Å². The summed E-state index contributed by atoms with van der Waals surface area (Å²) in [6.45, 7) is 8.48. The fourth-order valence-corrected chi connectivity index (χ4v) is 2.17. The lowest BCUT2D eigenvalue weighted by atomic mass is 10.1. The van der Waals surface area contributed by atoms with Gasteiger partial charge in [-0.15, -0.1) is 0 Å². The van der Waals surface area contributed by atoms with Crippen molar-refractivity contribution in [2.45, 2.75) is 45.2 Å². The summed E-state index contributed by atoms with van der Waals surface area (Å²) in [6, 6.07) is 1.20. The minimum atomic E-state index is 0.500. The Hall–Kier alpha value is -0.610. The summed E-state index contributed by atoms with van der Waals surface area (Å²) in [4.78, 5) is 12.4. The molecule has 0 spiro atoms. The third-order valence-corrected chi connectivity index (χ3v) is 3.22. The number of nitrogens with one attached hydrogen (secondary N) is 1. The van der Waals surface area contributed by atoms with Crippen molar-refractivity contribution in [3.63, 3.8) is 0 Å². The van der Waals surface area contributed by atoms with Crippen LogP contribution in [0.1, 0.15) is 33.1 Å². The summed E-state index contributed by atoms with van der Waals surface area (Å²) in [7, 11) is 0. The minimum Gasteiger partial charge on any atom is -0.467 e. The normalized spacial score (nSPS) is 20.6. The lowest BCUT2D eigenvalue weighted by Crippen LogP contribution is -2.37. The van der Waals surface area contributed by atoms with Crippen molar-refractivity contribution >= 4 is 6.47 Å². The van der Waals surface area contributed by atoms with Gasteiger partial charge in [0, 0.05) is 25.2 Å². The van der Waals surface area contributed by atoms with Gasteiger partial charge in [0.2, 0.25) is 0 Å². The van der Waals surface area contributed by atoms with E-state index >= 15 is 0 Å². The molecular formula is C12H24N2O2. The monoisotopic (exact) mass is 228 g/mol. The maximum atomic E-state index is 10.1. The minimum absolute atomic E-state index is 0.500. The molecule has 94 valence electrons. The highest BCUT2D eigenvalue weighted by molar-refractivity contribution is 5.36. The van der Waals surface area contributed by atoms with Gasteiger partial charge in [-0.05, 0) is 39.7 Å². The van der Waals surface area contributed by atoms with Gasteiger partial charge in [0.25, 0.3) is 6.47 Å². The zero-order valence-corrected chi connectivity index (χ0v) is 10.4. The van der Waals surface area contributed by atoms with Crippen LogP contribution in [-0.4, -0.2) is 49.7 Å². The molecule has 0 aliphatic carbocycles. The van der Waals surface area contributed by atoms with Crippen LogP contribution in [0.2, 0.25) is 0 Å². The number of hydrogen-bond acceptors (Lipinski definition) is 4. The molecule has 4 nitrogen and oxygen atoms in total. The van der Waals surface area contributed by atoms with Crippen molar-refractivity contribution < 1.29 is 9.53 Å². The van der Waals surface area contributed by atoms with E-state index in [1.807, 2.05) is 0 Å². The van der Waals surface area contributed by atoms with Crippen molar-refractivity contribution in [1.82, 2.24) is 10.2 Å². The van der Waals surface area contributed by atoms with E-state index in [0.717, 1.165) is 13.1 Å². The maximum absolute atomic E-state index is 10.1. The third kappa shape index (κ3) is 4.94. The van der Waals surface area contributed by atoms with Crippen LogP contribution in [0.25, 0.3) is 0 Å². The van der Waals surface area contributed by atoms with Crippen molar-refractivity contribution in [2.75, 3.05) is 26.2 Å². The van der Waals surface area contributed by atoms with Crippen LogP contribution < -0.4 is 5.32 Å². The van der Waals surface area contributed by atoms with Gasteiger partial charge >= 0.3 is 0 Å². The summed E-state index contributed by atoms with van der Waals surface area (Å²) in [5, 5.41) is 3.50. The van der Waals surface area contributed by atoms with Crippen molar-refractivity contribution in [1.29, 1.82) is 0 Å². The first kappa shape index (κ1) is 13.5. The van der Waals surface area contributed by atoms with E-state index in [1.54, 1.807) is 0 Å². The molecular weight excluding hydrogens is 204 g/mol. The Morgan fingerprint density at radius 1 is 1.50 bits per heavy atom. The summed E-state index contributed by atoms with van der Waals surface area (Å²) in [6.07, 6.45) is 3.80. The first-order valence-electron chi connectivity index (χ1n) is 6.26. The first-order valence-corrected chi connectivity index (χ1v) is 6.26. The van der Waals surface area contributed by atoms with Crippen LogP contribution in [0.15, 0.2) is 0 Å².